The normalized spacial score (nSPS) is 12.2. The zero-order valence-corrected chi connectivity index (χ0v) is 9.40. The molecule has 15 heavy (non-hydrogen) atoms. The fourth-order valence-corrected chi connectivity index (χ4v) is 1.17. The van der Waals surface area contributed by atoms with Crippen LogP contribution in [0.3, 0.4) is 0 Å². The molecule has 4 nitrogen and oxygen atoms in total. The average molecular weight is 207 g/mol. The summed E-state index contributed by atoms with van der Waals surface area (Å²) in [5, 5.41) is 3.16. The van der Waals surface area contributed by atoms with Gasteiger partial charge in [-0.2, -0.15) is 0 Å². The average Bonchev–Trinajstić information content (AvgIpc) is 2.26. The zero-order valence-electron chi connectivity index (χ0n) is 9.40. The van der Waals surface area contributed by atoms with E-state index in [1.54, 1.807) is 31.4 Å². The van der Waals surface area contributed by atoms with Crippen molar-refractivity contribution in [3.8, 4) is 0 Å². The molecular weight excluding hydrogens is 190 g/mol. The molecule has 0 spiro atoms. The molecule has 1 rings (SSSR count). The SMILES string of the molecule is CC(NCC(=O)N(C)C)c1ccncc1. The molecule has 1 heterocycles. The lowest BCUT2D eigenvalue weighted by Crippen LogP contribution is -2.34. The van der Waals surface area contributed by atoms with Gasteiger partial charge in [0.25, 0.3) is 0 Å². The van der Waals surface area contributed by atoms with E-state index in [0.717, 1.165) is 5.56 Å². The van der Waals surface area contributed by atoms with Crippen LogP contribution >= 0.6 is 0 Å². The Morgan fingerprint density at radius 1 is 1.47 bits per heavy atom. The highest BCUT2D eigenvalue weighted by atomic mass is 16.2. The standard InChI is InChI=1S/C11H17N3O/c1-9(10-4-6-12-7-5-10)13-8-11(15)14(2)3/h4-7,9,13H,8H2,1-3H3. The van der Waals surface area contributed by atoms with Gasteiger partial charge in [-0.25, -0.2) is 0 Å². The summed E-state index contributed by atoms with van der Waals surface area (Å²) in [6.45, 7) is 2.38. The first-order chi connectivity index (χ1) is 7.11. The predicted molar refractivity (Wildman–Crippen MR) is 59.3 cm³/mol. The van der Waals surface area contributed by atoms with Crippen molar-refractivity contribution in [1.82, 2.24) is 15.2 Å². The second kappa shape index (κ2) is 5.46. The van der Waals surface area contributed by atoms with Crippen molar-refractivity contribution < 1.29 is 4.79 Å². The molecule has 1 N–H and O–H groups in total. The Morgan fingerprint density at radius 3 is 2.60 bits per heavy atom. The molecule has 1 amide bonds. The minimum absolute atomic E-state index is 0.0795. The van der Waals surface area contributed by atoms with E-state index in [4.69, 9.17) is 0 Å². The van der Waals surface area contributed by atoms with Crippen LogP contribution < -0.4 is 5.32 Å². The van der Waals surface area contributed by atoms with Gasteiger partial charge in [0, 0.05) is 32.5 Å². The monoisotopic (exact) mass is 207 g/mol. The number of nitrogens with zero attached hydrogens (tertiary/aromatic N) is 2. The molecule has 1 unspecified atom stereocenters. The van der Waals surface area contributed by atoms with E-state index in [0.29, 0.717) is 6.54 Å². The van der Waals surface area contributed by atoms with E-state index in [2.05, 4.69) is 10.3 Å². The Bertz CT molecular complexity index is 311. The van der Waals surface area contributed by atoms with Crippen molar-refractivity contribution in [3.05, 3.63) is 30.1 Å². The Kier molecular flexibility index (Phi) is 4.24. The molecule has 0 aromatic carbocycles. The number of likely N-dealkylation sites (N-methyl/N-ethyl adjacent to an activating group) is 1. The third-order valence-electron chi connectivity index (χ3n) is 2.26. The van der Waals surface area contributed by atoms with Crippen molar-refractivity contribution in [2.24, 2.45) is 0 Å². The number of aromatic nitrogens is 1. The molecule has 0 aliphatic heterocycles. The first-order valence-corrected chi connectivity index (χ1v) is 4.94. The number of hydrogen-bond donors (Lipinski definition) is 1. The maximum Gasteiger partial charge on any atom is 0.236 e. The maximum absolute atomic E-state index is 11.3. The summed E-state index contributed by atoms with van der Waals surface area (Å²) in [7, 11) is 3.50. The highest BCUT2D eigenvalue weighted by Crippen LogP contribution is 2.09. The van der Waals surface area contributed by atoms with Crippen molar-refractivity contribution >= 4 is 5.91 Å². The van der Waals surface area contributed by atoms with E-state index in [1.807, 2.05) is 19.1 Å². The van der Waals surface area contributed by atoms with Crippen molar-refractivity contribution in [2.75, 3.05) is 20.6 Å². The van der Waals surface area contributed by atoms with Crippen LogP contribution in [-0.4, -0.2) is 36.4 Å². The van der Waals surface area contributed by atoms with Crippen molar-refractivity contribution in [3.63, 3.8) is 0 Å². The highest BCUT2D eigenvalue weighted by Gasteiger charge is 2.08. The third kappa shape index (κ3) is 3.67. The molecule has 0 radical (unpaired) electrons. The Morgan fingerprint density at radius 2 is 2.07 bits per heavy atom. The predicted octanol–water partition coefficient (Wildman–Crippen LogP) is 0.820. The molecule has 1 aromatic heterocycles. The molecule has 0 saturated carbocycles. The smallest absolute Gasteiger partial charge is 0.236 e. The molecule has 1 aromatic rings. The molecule has 0 bridgehead atoms. The van der Waals surface area contributed by atoms with Crippen LogP contribution in [0.2, 0.25) is 0 Å². The lowest BCUT2D eigenvalue weighted by atomic mass is 10.1. The van der Waals surface area contributed by atoms with Gasteiger partial charge in [0.1, 0.15) is 0 Å². The molecule has 0 fully saturated rings. The largest absolute Gasteiger partial charge is 0.348 e. The topological polar surface area (TPSA) is 45.2 Å². The Hall–Kier alpha value is -1.42. The first kappa shape index (κ1) is 11.7. The zero-order chi connectivity index (χ0) is 11.3. The molecular formula is C11H17N3O. The Labute approximate surface area is 90.3 Å². The fraction of sp³-hybridized carbons (Fsp3) is 0.455. The van der Waals surface area contributed by atoms with Gasteiger partial charge in [-0.3, -0.25) is 9.78 Å². The Balaban J connectivity index is 2.44. The number of nitrogens with one attached hydrogen (secondary N) is 1. The van der Waals surface area contributed by atoms with E-state index >= 15 is 0 Å². The summed E-state index contributed by atoms with van der Waals surface area (Å²) in [4.78, 5) is 16.9. The number of rotatable bonds is 4. The minimum Gasteiger partial charge on any atom is -0.348 e. The number of carbonyl (C=O) groups excluding carboxylic acids is 1. The van der Waals surface area contributed by atoms with Gasteiger partial charge >= 0.3 is 0 Å². The van der Waals surface area contributed by atoms with E-state index in [-0.39, 0.29) is 11.9 Å². The van der Waals surface area contributed by atoms with Gasteiger partial charge in [-0.1, -0.05) is 0 Å². The van der Waals surface area contributed by atoms with Gasteiger partial charge < -0.3 is 10.2 Å². The van der Waals surface area contributed by atoms with Crippen LogP contribution in [0.15, 0.2) is 24.5 Å². The first-order valence-electron chi connectivity index (χ1n) is 4.94. The lowest BCUT2D eigenvalue weighted by Gasteiger charge is -2.16. The van der Waals surface area contributed by atoms with Crippen LogP contribution in [0.1, 0.15) is 18.5 Å². The lowest BCUT2D eigenvalue weighted by molar-refractivity contribution is -0.127. The number of carbonyl (C=O) groups is 1. The minimum atomic E-state index is 0.0795. The van der Waals surface area contributed by atoms with Crippen LogP contribution in [0.25, 0.3) is 0 Å². The van der Waals surface area contributed by atoms with Crippen molar-refractivity contribution in [1.29, 1.82) is 0 Å². The van der Waals surface area contributed by atoms with Crippen LogP contribution in [0.5, 0.6) is 0 Å². The van der Waals surface area contributed by atoms with E-state index in [9.17, 15) is 4.79 Å². The van der Waals surface area contributed by atoms with E-state index < -0.39 is 0 Å². The van der Waals surface area contributed by atoms with Gasteiger partial charge in [-0.05, 0) is 24.6 Å². The second-order valence-corrected chi connectivity index (χ2v) is 3.67. The van der Waals surface area contributed by atoms with Crippen molar-refractivity contribution in [2.45, 2.75) is 13.0 Å². The maximum atomic E-state index is 11.3. The number of pyridine rings is 1. The van der Waals surface area contributed by atoms with Crippen LogP contribution in [0, 0.1) is 0 Å². The second-order valence-electron chi connectivity index (χ2n) is 3.67. The molecule has 0 aliphatic rings. The summed E-state index contributed by atoms with van der Waals surface area (Å²) >= 11 is 0. The highest BCUT2D eigenvalue weighted by molar-refractivity contribution is 5.77. The fourth-order valence-electron chi connectivity index (χ4n) is 1.17. The molecule has 82 valence electrons. The van der Waals surface area contributed by atoms with Crippen LogP contribution in [0.4, 0.5) is 0 Å². The summed E-state index contributed by atoms with van der Waals surface area (Å²) in [5.74, 6) is 0.0795. The van der Waals surface area contributed by atoms with Gasteiger partial charge in [0.2, 0.25) is 5.91 Å². The molecule has 1 atom stereocenters. The van der Waals surface area contributed by atoms with Gasteiger partial charge in [-0.15, -0.1) is 0 Å². The molecule has 0 aliphatic carbocycles. The van der Waals surface area contributed by atoms with E-state index in [1.165, 1.54) is 0 Å². The third-order valence-corrected chi connectivity index (χ3v) is 2.26. The number of amides is 1. The van der Waals surface area contributed by atoms with Crippen LogP contribution in [-0.2, 0) is 4.79 Å². The van der Waals surface area contributed by atoms with Gasteiger partial charge in [0.15, 0.2) is 0 Å². The molecule has 0 saturated heterocycles. The summed E-state index contributed by atoms with van der Waals surface area (Å²) in [5.41, 5.74) is 1.14. The number of hydrogen-bond acceptors (Lipinski definition) is 3. The summed E-state index contributed by atoms with van der Waals surface area (Å²) < 4.78 is 0. The molecule has 4 heteroatoms. The summed E-state index contributed by atoms with van der Waals surface area (Å²) in [6.07, 6.45) is 3.50. The quantitative estimate of drug-likeness (QED) is 0.795. The summed E-state index contributed by atoms with van der Waals surface area (Å²) in [6, 6.07) is 4.05. The van der Waals surface area contributed by atoms with Gasteiger partial charge in [0.05, 0.1) is 6.54 Å².